The van der Waals surface area contributed by atoms with Crippen molar-refractivity contribution in [2.24, 2.45) is 5.41 Å². The zero-order chi connectivity index (χ0) is 20.2. The standard InChI is InChI=1S/C23H31N3OS/c1-5-27-17-23(9-8-19-14-28-15-20(19)12-24)10-11-26(16-23)22(3,4)21-7-6-18(2)25-13-21/h6-7,13-15H,5,8-11,16-17H2,1-4H3/t23-/m1/s1. The molecule has 5 heteroatoms. The zero-order valence-electron chi connectivity index (χ0n) is 17.5. The minimum atomic E-state index is -0.0607. The van der Waals surface area contributed by atoms with Crippen molar-refractivity contribution in [3.63, 3.8) is 0 Å². The van der Waals surface area contributed by atoms with Crippen LogP contribution in [0.2, 0.25) is 0 Å². The molecular weight excluding hydrogens is 366 g/mol. The van der Waals surface area contributed by atoms with E-state index < -0.39 is 0 Å². The first-order valence-corrected chi connectivity index (χ1v) is 11.1. The maximum Gasteiger partial charge on any atom is 0.100 e. The molecule has 0 aliphatic carbocycles. The molecular formula is C23H31N3OS. The van der Waals surface area contributed by atoms with E-state index in [1.807, 2.05) is 18.5 Å². The summed E-state index contributed by atoms with van der Waals surface area (Å²) in [7, 11) is 0. The van der Waals surface area contributed by atoms with Crippen LogP contribution in [0, 0.1) is 23.7 Å². The van der Waals surface area contributed by atoms with Crippen LogP contribution in [0.4, 0.5) is 0 Å². The normalized spacial score (nSPS) is 20.4. The van der Waals surface area contributed by atoms with Crippen molar-refractivity contribution in [2.45, 2.75) is 52.5 Å². The van der Waals surface area contributed by atoms with E-state index in [0.29, 0.717) is 0 Å². The topological polar surface area (TPSA) is 49.1 Å². The minimum Gasteiger partial charge on any atom is -0.381 e. The number of ether oxygens (including phenoxy) is 1. The second-order valence-corrected chi connectivity index (χ2v) is 9.22. The van der Waals surface area contributed by atoms with Gasteiger partial charge in [0.2, 0.25) is 0 Å². The van der Waals surface area contributed by atoms with Crippen molar-refractivity contribution in [3.05, 3.63) is 51.5 Å². The van der Waals surface area contributed by atoms with E-state index in [2.05, 4.69) is 54.2 Å². The van der Waals surface area contributed by atoms with Gasteiger partial charge in [-0.3, -0.25) is 9.88 Å². The highest BCUT2D eigenvalue weighted by Gasteiger charge is 2.43. The van der Waals surface area contributed by atoms with Gasteiger partial charge in [-0.25, -0.2) is 0 Å². The molecule has 0 bridgehead atoms. The molecule has 0 radical (unpaired) electrons. The van der Waals surface area contributed by atoms with Gasteiger partial charge in [0.1, 0.15) is 6.07 Å². The van der Waals surface area contributed by atoms with E-state index in [1.165, 1.54) is 11.1 Å². The lowest BCUT2D eigenvalue weighted by molar-refractivity contribution is 0.0385. The Morgan fingerprint density at radius 3 is 2.86 bits per heavy atom. The first-order valence-electron chi connectivity index (χ1n) is 10.1. The van der Waals surface area contributed by atoms with Crippen molar-refractivity contribution < 1.29 is 4.74 Å². The van der Waals surface area contributed by atoms with Gasteiger partial charge < -0.3 is 4.74 Å². The largest absolute Gasteiger partial charge is 0.381 e. The summed E-state index contributed by atoms with van der Waals surface area (Å²) in [6.07, 6.45) is 5.14. The van der Waals surface area contributed by atoms with Crippen LogP contribution in [0.3, 0.4) is 0 Å². The highest BCUT2D eigenvalue weighted by Crippen LogP contribution is 2.42. The highest BCUT2D eigenvalue weighted by atomic mass is 32.1. The monoisotopic (exact) mass is 397 g/mol. The molecule has 0 amide bonds. The van der Waals surface area contributed by atoms with E-state index >= 15 is 0 Å². The SMILES string of the molecule is CCOC[C@]1(CCc2cscc2C#N)CCN(C(C)(C)c2ccc(C)nc2)C1. The molecule has 4 nitrogen and oxygen atoms in total. The summed E-state index contributed by atoms with van der Waals surface area (Å²) < 4.78 is 5.93. The molecule has 1 aliphatic rings. The Morgan fingerprint density at radius 2 is 2.18 bits per heavy atom. The molecule has 0 spiro atoms. The number of thiophene rings is 1. The fourth-order valence-electron chi connectivity index (χ4n) is 4.15. The lowest BCUT2D eigenvalue weighted by atomic mass is 9.81. The lowest BCUT2D eigenvalue weighted by Crippen LogP contribution is -2.42. The third-order valence-corrected chi connectivity index (χ3v) is 7.04. The van der Waals surface area contributed by atoms with Gasteiger partial charge in [-0.2, -0.15) is 16.6 Å². The summed E-state index contributed by atoms with van der Waals surface area (Å²) in [4.78, 5) is 7.09. The van der Waals surface area contributed by atoms with Gasteiger partial charge >= 0.3 is 0 Å². The number of nitriles is 1. The first-order chi connectivity index (χ1) is 13.4. The van der Waals surface area contributed by atoms with Gasteiger partial charge in [-0.05, 0) is 76.1 Å². The van der Waals surface area contributed by atoms with Crippen LogP contribution < -0.4 is 0 Å². The van der Waals surface area contributed by atoms with Crippen molar-refractivity contribution in [3.8, 4) is 6.07 Å². The van der Waals surface area contributed by atoms with Crippen LogP contribution in [0.1, 0.15) is 56.0 Å². The smallest absolute Gasteiger partial charge is 0.100 e. The first kappa shape index (κ1) is 21.0. The summed E-state index contributed by atoms with van der Waals surface area (Å²) in [5.74, 6) is 0. The number of hydrogen-bond acceptors (Lipinski definition) is 5. The van der Waals surface area contributed by atoms with Crippen molar-refractivity contribution in [1.29, 1.82) is 5.26 Å². The predicted octanol–water partition coefficient (Wildman–Crippen LogP) is 4.92. The number of aryl methyl sites for hydroxylation is 2. The molecule has 2 aromatic heterocycles. The molecule has 28 heavy (non-hydrogen) atoms. The van der Waals surface area contributed by atoms with E-state index in [0.717, 1.165) is 56.8 Å². The summed E-state index contributed by atoms with van der Waals surface area (Å²) in [6.45, 7) is 12.3. The number of rotatable bonds is 8. The lowest BCUT2D eigenvalue weighted by Gasteiger charge is -2.38. The van der Waals surface area contributed by atoms with Crippen LogP contribution >= 0.6 is 11.3 Å². The molecule has 2 aromatic rings. The van der Waals surface area contributed by atoms with Crippen LogP contribution in [-0.2, 0) is 16.7 Å². The fourth-order valence-corrected chi connectivity index (χ4v) is 4.97. The average molecular weight is 398 g/mol. The van der Waals surface area contributed by atoms with Crippen molar-refractivity contribution >= 4 is 11.3 Å². The van der Waals surface area contributed by atoms with Gasteiger partial charge in [0.15, 0.2) is 0 Å². The van der Waals surface area contributed by atoms with E-state index in [4.69, 9.17) is 4.74 Å². The van der Waals surface area contributed by atoms with Crippen LogP contribution in [0.15, 0.2) is 29.1 Å². The quantitative estimate of drug-likeness (QED) is 0.634. The average Bonchev–Trinajstić information content (AvgIpc) is 3.33. The zero-order valence-corrected chi connectivity index (χ0v) is 18.3. The third-order valence-electron chi connectivity index (χ3n) is 6.25. The van der Waals surface area contributed by atoms with Crippen molar-refractivity contribution in [1.82, 2.24) is 9.88 Å². The van der Waals surface area contributed by atoms with Crippen LogP contribution in [0.25, 0.3) is 0 Å². The molecule has 150 valence electrons. The summed E-state index contributed by atoms with van der Waals surface area (Å²) >= 11 is 1.62. The number of likely N-dealkylation sites (tertiary alicyclic amines) is 1. The van der Waals surface area contributed by atoms with Crippen LogP contribution in [0.5, 0.6) is 0 Å². The molecule has 1 aliphatic heterocycles. The molecule has 3 rings (SSSR count). The predicted molar refractivity (Wildman–Crippen MR) is 114 cm³/mol. The number of aromatic nitrogens is 1. The molecule has 0 N–H and O–H groups in total. The summed E-state index contributed by atoms with van der Waals surface area (Å²) in [6, 6.07) is 6.63. The molecule has 1 saturated heterocycles. The van der Waals surface area contributed by atoms with Gasteiger partial charge in [-0.1, -0.05) is 6.07 Å². The van der Waals surface area contributed by atoms with E-state index in [1.54, 1.807) is 11.3 Å². The Labute approximate surface area is 173 Å². The minimum absolute atomic E-state index is 0.0607. The van der Waals surface area contributed by atoms with Gasteiger partial charge in [0.25, 0.3) is 0 Å². The van der Waals surface area contributed by atoms with E-state index in [9.17, 15) is 5.26 Å². The Balaban J connectivity index is 1.75. The molecule has 1 atom stereocenters. The third kappa shape index (κ3) is 4.46. The number of hydrogen-bond donors (Lipinski definition) is 0. The Morgan fingerprint density at radius 1 is 1.36 bits per heavy atom. The maximum absolute atomic E-state index is 9.32. The van der Waals surface area contributed by atoms with Gasteiger partial charge in [0.05, 0.1) is 12.2 Å². The van der Waals surface area contributed by atoms with Gasteiger partial charge in [-0.15, -0.1) is 0 Å². The number of pyridine rings is 1. The maximum atomic E-state index is 9.32. The molecule has 1 fully saturated rings. The van der Waals surface area contributed by atoms with Crippen molar-refractivity contribution in [2.75, 3.05) is 26.3 Å². The summed E-state index contributed by atoms with van der Waals surface area (Å²) in [5, 5.41) is 13.4. The Bertz CT molecular complexity index is 821. The second kappa shape index (κ2) is 8.73. The molecule has 0 aromatic carbocycles. The Kier molecular flexibility index (Phi) is 6.54. The van der Waals surface area contributed by atoms with Gasteiger partial charge in [0, 0.05) is 41.4 Å². The molecule has 0 unspecified atom stereocenters. The molecule has 0 saturated carbocycles. The highest BCUT2D eigenvalue weighted by molar-refractivity contribution is 7.08. The second-order valence-electron chi connectivity index (χ2n) is 8.48. The molecule has 3 heterocycles. The fraction of sp³-hybridized carbons (Fsp3) is 0.565. The van der Waals surface area contributed by atoms with Crippen LogP contribution in [-0.4, -0.2) is 36.2 Å². The Hall–Kier alpha value is -1.74. The number of nitrogens with zero attached hydrogens (tertiary/aromatic N) is 3. The van der Waals surface area contributed by atoms with E-state index in [-0.39, 0.29) is 11.0 Å². The summed E-state index contributed by atoms with van der Waals surface area (Å²) in [5.41, 5.74) is 4.40.